The van der Waals surface area contributed by atoms with Crippen molar-refractivity contribution in [2.75, 3.05) is 0 Å². The number of hydrogen-bond donors (Lipinski definition) is 0. The molecule has 0 unspecified atom stereocenters. The van der Waals surface area contributed by atoms with Crippen molar-refractivity contribution in [1.29, 1.82) is 0 Å². The quantitative estimate of drug-likeness (QED) is 0.570. The minimum atomic E-state index is -0.431. The van der Waals surface area contributed by atoms with Crippen molar-refractivity contribution in [2.24, 2.45) is 0 Å². The Morgan fingerprint density at radius 2 is 1.67 bits per heavy atom. The van der Waals surface area contributed by atoms with Crippen molar-refractivity contribution >= 4 is 40.1 Å². The second-order valence-electron chi connectivity index (χ2n) is 8.75. The third-order valence-corrected chi connectivity index (χ3v) is 6.43. The molecule has 0 bridgehead atoms. The number of rotatable bonds is 2. The molecule has 27 heavy (non-hydrogen) atoms. The van der Waals surface area contributed by atoms with E-state index in [0.717, 1.165) is 40.2 Å². The maximum absolute atomic E-state index is 6.37. The standard InChI is InChI=1S/C23H25BO3/c1-22(2)23(3,4)27-24(26-22)19-14-16(15-9-5-6-10-15)13-18-17-11-7-8-12-20(17)25-21(18)19/h7-9,11-14H,5-6,10H2,1-4H3. The first-order chi connectivity index (χ1) is 12.9. The summed E-state index contributed by atoms with van der Waals surface area (Å²) in [6.45, 7) is 8.36. The maximum atomic E-state index is 6.37. The van der Waals surface area contributed by atoms with Crippen molar-refractivity contribution in [2.45, 2.75) is 58.2 Å². The summed E-state index contributed by atoms with van der Waals surface area (Å²) in [4.78, 5) is 0. The number of fused-ring (bicyclic) bond motifs is 3. The highest BCUT2D eigenvalue weighted by Gasteiger charge is 2.52. The zero-order valence-electron chi connectivity index (χ0n) is 16.5. The smallest absolute Gasteiger partial charge is 0.456 e. The van der Waals surface area contributed by atoms with Crippen LogP contribution in [0.15, 0.2) is 46.9 Å². The Morgan fingerprint density at radius 3 is 2.37 bits per heavy atom. The van der Waals surface area contributed by atoms with Gasteiger partial charge in [-0.15, -0.1) is 0 Å². The third-order valence-electron chi connectivity index (χ3n) is 6.43. The summed E-state index contributed by atoms with van der Waals surface area (Å²) >= 11 is 0. The maximum Gasteiger partial charge on any atom is 0.498 e. The molecule has 1 aliphatic carbocycles. The van der Waals surface area contributed by atoms with E-state index in [9.17, 15) is 0 Å². The van der Waals surface area contributed by atoms with E-state index in [1.54, 1.807) is 0 Å². The minimum Gasteiger partial charge on any atom is -0.456 e. The van der Waals surface area contributed by atoms with Crippen molar-refractivity contribution in [3.8, 4) is 0 Å². The number of hydrogen-bond acceptors (Lipinski definition) is 3. The molecule has 1 aliphatic heterocycles. The van der Waals surface area contributed by atoms with Crippen LogP contribution in [0.25, 0.3) is 27.5 Å². The normalized spacial score (nSPS) is 21.3. The lowest BCUT2D eigenvalue weighted by Gasteiger charge is -2.32. The van der Waals surface area contributed by atoms with Crippen molar-refractivity contribution < 1.29 is 13.7 Å². The first kappa shape index (κ1) is 17.1. The predicted octanol–water partition coefficient (Wildman–Crippen LogP) is 5.45. The minimum absolute atomic E-state index is 0.376. The van der Waals surface area contributed by atoms with E-state index in [1.807, 2.05) is 12.1 Å². The fourth-order valence-electron chi connectivity index (χ4n) is 4.12. The molecule has 3 aromatic rings. The number of benzene rings is 2. The van der Waals surface area contributed by atoms with Gasteiger partial charge in [0, 0.05) is 16.2 Å². The zero-order chi connectivity index (χ0) is 18.8. The van der Waals surface area contributed by atoms with Crippen LogP contribution >= 0.6 is 0 Å². The largest absolute Gasteiger partial charge is 0.498 e. The lowest BCUT2D eigenvalue weighted by atomic mass is 9.76. The lowest BCUT2D eigenvalue weighted by Crippen LogP contribution is -2.41. The summed E-state index contributed by atoms with van der Waals surface area (Å²) in [7, 11) is -0.431. The van der Waals surface area contributed by atoms with Gasteiger partial charge in [-0.25, -0.2) is 0 Å². The molecule has 1 saturated heterocycles. The molecule has 1 aromatic heterocycles. The molecule has 1 fully saturated rings. The summed E-state index contributed by atoms with van der Waals surface area (Å²) in [6.07, 6.45) is 5.87. The number of furan rings is 1. The summed E-state index contributed by atoms with van der Waals surface area (Å²) in [5.41, 5.74) is 4.69. The van der Waals surface area contributed by atoms with Gasteiger partial charge < -0.3 is 13.7 Å². The summed E-state index contributed by atoms with van der Waals surface area (Å²) in [5, 5.41) is 2.28. The first-order valence-corrected chi connectivity index (χ1v) is 9.86. The van der Waals surface area contributed by atoms with Gasteiger partial charge in [0.25, 0.3) is 0 Å². The van der Waals surface area contributed by atoms with Crippen LogP contribution in [0.3, 0.4) is 0 Å². The van der Waals surface area contributed by atoms with E-state index in [2.05, 4.69) is 58.0 Å². The van der Waals surface area contributed by atoms with Gasteiger partial charge in [-0.2, -0.15) is 0 Å². The van der Waals surface area contributed by atoms with Crippen LogP contribution in [0.5, 0.6) is 0 Å². The average molecular weight is 360 g/mol. The summed E-state index contributed by atoms with van der Waals surface area (Å²) in [5.74, 6) is 0. The fraction of sp³-hybridized carbons (Fsp3) is 0.391. The molecule has 2 heterocycles. The molecule has 0 radical (unpaired) electrons. The van der Waals surface area contributed by atoms with Gasteiger partial charge in [0.05, 0.1) is 11.2 Å². The van der Waals surface area contributed by atoms with E-state index in [0.29, 0.717) is 0 Å². The van der Waals surface area contributed by atoms with Gasteiger partial charge in [-0.1, -0.05) is 30.3 Å². The van der Waals surface area contributed by atoms with Crippen LogP contribution in [0.2, 0.25) is 0 Å². The number of para-hydroxylation sites is 1. The molecule has 2 aromatic carbocycles. The van der Waals surface area contributed by atoms with Gasteiger partial charge in [0.15, 0.2) is 0 Å². The molecule has 5 rings (SSSR count). The molecular formula is C23H25BO3. The zero-order valence-corrected chi connectivity index (χ0v) is 16.5. The molecule has 3 nitrogen and oxygen atoms in total. The monoisotopic (exact) mass is 360 g/mol. The predicted molar refractivity (Wildman–Crippen MR) is 111 cm³/mol. The first-order valence-electron chi connectivity index (χ1n) is 9.86. The topological polar surface area (TPSA) is 31.6 Å². The second kappa shape index (κ2) is 5.73. The number of allylic oxidation sites excluding steroid dienone is 2. The molecule has 138 valence electrons. The van der Waals surface area contributed by atoms with Crippen LogP contribution in [-0.4, -0.2) is 18.3 Å². The molecule has 2 aliphatic rings. The van der Waals surface area contributed by atoms with Gasteiger partial charge in [-0.3, -0.25) is 0 Å². The van der Waals surface area contributed by atoms with Crippen LogP contribution < -0.4 is 5.46 Å². The van der Waals surface area contributed by atoms with Crippen molar-refractivity contribution in [3.05, 3.63) is 48.0 Å². The SMILES string of the molecule is CC1(C)OB(c2cc(C3=CCCC3)cc3c2oc2ccccc23)OC1(C)C. The van der Waals surface area contributed by atoms with Crippen LogP contribution in [0.1, 0.15) is 52.5 Å². The lowest BCUT2D eigenvalue weighted by molar-refractivity contribution is 0.00578. The second-order valence-corrected chi connectivity index (χ2v) is 8.75. The molecule has 0 amide bonds. The van der Waals surface area contributed by atoms with E-state index in [-0.39, 0.29) is 11.2 Å². The fourth-order valence-corrected chi connectivity index (χ4v) is 4.12. The molecule has 0 atom stereocenters. The Balaban J connectivity index is 1.75. The van der Waals surface area contributed by atoms with Gasteiger partial charge in [0.2, 0.25) is 0 Å². The Kier molecular flexibility index (Phi) is 3.63. The molecule has 0 spiro atoms. The summed E-state index contributed by atoms with van der Waals surface area (Å²) < 4.78 is 19.0. The Labute approximate surface area is 160 Å². The van der Waals surface area contributed by atoms with E-state index < -0.39 is 7.12 Å². The van der Waals surface area contributed by atoms with Gasteiger partial charge in [0.1, 0.15) is 11.2 Å². The van der Waals surface area contributed by atoms with Crippen LogP contribution in [0, 0.1) is 0 Å². The Morgan fingerprint density at radius 1 is 0.926 bits per heavy atom. The molecule has 0 N–H and O–H groups in total. The highest BCUT2D eigenvalue weighted by atomic mass is 16.7. The van der Waals surface area contributed by atoms with Crippen molar-refractivity contribution in [1.82, 2.24) is 0 Å². The highest BCUT2D eigenvalue weighted by Crippen LogP contribution is 2.39. The Hall–Kier alpha value is -2.04. The van der Waals surface area contributed by atoms with Gasteiger partial charge >= 0.3 is 7.12 Å². The Bertz CT molecular complexity index is 1060. The molecule has 0 saturated carbocycles. The molecular weight excluding hydrogens is 335 g/mol. The van der Waals surface area contributed by atoms with E-state index in [4.69, 9.17) is 13.7 Å². The third kappa shape index (κ3) is 2.58. The molecule has 4 heteroatoms. The van der Waals surface area contributed by atoms with Crippen LogP contribution in [0.4, 0.5) is 0 Å². The highest BCUT2D eigenvalue weighted by molar-refractivity contribution is 6.65. The van der Waals surface area contributed by atoms with Gasteiger partial charge in [-0.05, 0) is 70.2 Å². The van der Waals surface area contributed by atoms with E-state index in [1.165, 1.54) is 17.6 Å². The van der Waals surface area contributed by atoms with Crippen molar-refractivity contribution in [3.63, 3.8) is 0 Å². The summed E-state index contributed by atoms with van der Waals surface area (Å²) in [6, 6.07) is 12.7. The van der Waals surface area contributed by atoms with E-state index >= 15 is 0 Å². The average Bonchev–Trinajstić information content (AvgIpc) is 3.31. The van der Waals surface area contributed by atoms with Crippen LogP contribution in [-0.2, 0) is 9.31 Å².